The average molecular weight is 368 g/mol. The van der Waals surface area contributed by atoms with Gasteiger partial charge in [0, 0.05) is 11.5 Å². The van der Waals surface area contributed by atoms with Crippen molar-refractivity contribution in [3.05, 3.63) is 95.3 Å². The van der Waals surface area contributed by atoms with Crippen molar-refractivity contribution in [1.82, 2.24) is 0 Å². The monoisotopic (exact) mass is 368 g/mol. The van der Waals surface area contributed by atoms with Gasteiger partial charge in [0.1, 0.15) is 11.7 Å². The third-order valence-electron chi connectivity index (χ3n) is 5.85. The van der Waals surface area contributed by atoms with Crippen molar-refractivity contribution in [1.29, 1.82) is 0 Å². The van der Waals surface area contributed by atoms with Crippen molar-refractivity contribution in [2.24, 2.45) is 0 Å². The molecule has 2 unspecified atom stereocenters. The van der Waals surface area contributed by atoms with Gasteiger partial charge >= 0.3 is 0 Å². The molecular weight excluding hydrogens is 351 g/mol. The lowest BCUT2D eigenvalue weighted by molar-refractivity contribution is -0.120. The first-order valence-electron chi connectivity index (χ1n) is 9.34. The van der Waals surface area contributed by atoms with Crippen LogP contribution in [0.5, 0.6) is 0 Å². The lowest BCUT2D eigenvalue weighted by Gasteiger charge is -2.28. The molecule has 0 saturated carbocycles. The molecule has 28 heavy (non-hydrogen) atoms. The van der Waals surface area contributed by atoms with Crippen LogP contribution in [-0.4, -0.2) is 11.6 Å². The number of hydrogen-bond donors (Lipinski definition) is 0. The Morgan fingerprint density at radius 2 is 1.46 bits per heavy atom. The Morgan fingerprint density at radius 1 is 0.750 bits per heavy atom. The van der Waals surface area contributed by atoms with Gasteiger partial charge in [0.25, 0.3) is 0 Å². The van der Waals surface area contributed by atoms with E-state index in [1.54, 1.807) is 0 Å². The summed E-state index contributed by atoms with van der Waals surface area (Å²) in [6, 6.07) is 21.6. The molecule has 0 radical (unpaired) electrons. The highest BCUT2D eigenvalue weighted by Crippen LogP contribution is 2.41. The summed E-state index contributed by atoms with van der Waals surface area (Å²) >= 11 is 0. The molecule has 2 nitrogen and oxygen atoms in total. The molecule has 0 amide bonds. The van der Waals surface area contributed by atoms with Crippen LogP contribution in [0.25, 0.3) is 21.5 Å². The molecule has 4 aromatic carbocycles. The zero-order valence-electron chi connectivity index (χ0n) is 15.3. The van der Waals surface area contributed by atoms with Crippen molar-refractivity contribution < 1.29 is 14.0 Å². The van der Waals surface area contributed by atoms with Crippen LogP contribution < -0.4 is 0 Å². The van der Waals surface area contributed by atoms with Gasteiger partial charge in [-0.25, -0.2) is 4.39 Å². The maximum absolute atomic E-state index is 13.5. The number of halogens is 1. The number of ketones is 2. The van der Waals surface area contributed by atoms with Crippen LogP contribution in [0.15, 0.2) is 72.8 Å². The van der Waals surface area contributed by atoms with Crippen molar-refractivity contribution in [2.45, 2.75) is 18.8 Å². The fourth-order valence-electron chi connectivity index (χ4n) is 4.39. The van der Waals surface area contributed by atoms with Crippen LogP contribution in [-0.2, 0) is 4.79 Å². The van der Waals surface area contributed by atoms with E-state index in [-0.39, 0.29) is 17.4 Å². The summed E-state index contributed by atoms with van der Waals surface area (Å²) in [7, 11) is 0. The molecule has 0 spiro atoms. The maximum atomic E-state index is 13.5. The quantitative estimate of drug-likeness (QED) is 0.315. The SMILES string of the molecule is CC1C(=O)C(c2ccc(F)cc2)C(=O)c2c1ccc1c2ccc2ccccc21. The highest BCUT2D eigenvalue weighted by Gasteiger charge is 2.40. The molecule has 1 aliphatic carbocycles. The van der Waals surface area contributed by atoms with Gasteiger partial charge in [-0.3, -0.25) is 9.59 Å². The van der Waals surface area contributed by atoms with Crippen molar-refractivity contribution in [2.75, 3.05) is 0 Å². The maximum Gasteiger partial charge on any atom is 0.178 e. The summed E-state index contributed by atoms with van der Waals surface area (Å²) in [4.78, 5) is 26.5. The van der Waals surface area contributed by atoms with Crippen LogP contribution in [0.2, 0.25) is 0 Å². The molecule has 0 bridgehead atoms. The van der Waals surface area contributed by atoms with Gasteiger partial charge in [0.2, 0.25) is 0 Å². The van der Waals surface area contributed by atoms with E-state index in [0.717, 1.165) is 27.1 Å². The minimum absolute atomic E-state index is 0.135. The second-order valence-electron chi connectivity index (χ2n) is 7.38. The minimum Gasteiger partial charge on any atom is -0.298 e. The van der Waals surface area contributed by atoms with Crippen molar-refractivity contribution >= 4 is 33.1 Å². The van der Waals surface area contributed by atoms with Gasteiger partial charge in [0.15, 0.2) is 11.6 Å². The van der Waals surface area contributed by atoms with Crippen molar-refractivity contribution in [3.63, 3.8) is 0 Å². The number of fused-ring (bicyclic) bond motifs is 5. The molecule has 0 N–H and O–H groups in total. The normalized spacial score (nSPS) is 19.2. The minimum atomic E-state index is -0.889. The molecule has 5 rings (SSSR count). The zero-order chi connectivity index (χ0) is 19.4. The third-order valence-corrected chi connectivity index (χ3v) is 5.85. The van der Waals surface area contributed by atoms with Crippen molar-refractivity contribution in [3.8, 4) is 0 Å². The van der Waals surface area contributed by atoms with Gasteiger partial charge in [-0.15, -0.1) is 0 Å². The van der Waals surface area contributed by atoms with Gasteiger partial charge in [0.05, 0.1) is 0 Å². The van der Waals surface area contributed by atoms with Crippen LogP contribution in [0, 0.1) is 5.82 Å². The fraction of sp³-hybridized carbons (Fsp3) is 0.120. The molecule has 4 aromatic rings. The van der Waals surface area contributed by atoms with Gasteiger partial charge in [-0.1, -0.05) is 67.6 Å². The number of carbonyl (C=O) groups is 2. The first-order valence-corrected chi connectivity index (χ1v) is 9.34. The van der Waals surface area contributed by atoms with Crippen LogP contribution in [0.1, 0.15) is 40.2 Å². The lowest BCUT2D eigenvalue weighted by atomic mass is 9.71. The largest absolute Gasteiger partial charge is 0.298 e. The summed E-state index contributed by atoms with van der Waals surface area (Å²) in [5.41, 5.74) is 1.94. The first kappa shape index (κ1) is 16.8. The summed E-state index contributed by atoms with van der Waals surface area (Å²) in [6.45, 7) is 1.84. The van der Waals surface area contributed by atoms with E-state index in [0.29, 0.717) is 11.1 Å². The van der Waals surface area contributed by atoms with E-state index < -0.39 is 11.8 Å². The Morgan fingerprint density at radius 3 is 2.25 bits per heavy atom. The predicted octanol–water partition coefficient (Wildman–Crippen LogP) is 5.78. The molecule has 0 saturated heterocycles. The highest BCUT2D eigenvalue weighted by atomic mass is 19.1. The number of Topliss-reactive ketones (excluding diaryl/α,β-unsaturated/α-hetero) is 2. The first-order chi connectivity index (χ1) is 13.6. The molecule has 0 heterocycles. The Kier molecular flexibility index (Phi) is 3.66. The van der Waals surface area contributed by atoms with Crippen LogP contribution >= 0.6 is 0 Å². The summed E-state index contributed by atoms with van der Waals surface area (Å²) in [6.07, 6.45) is 0. The molecular formula is C25H17FO2. The second-order valence-corrected chi connectivity index (χ2v) is 7.38. The standard InChI is InChI=1S/C25H17FO2/c1-14-18-12-13-20-19-5-3-2-4-15(19)8-11-21(20)23(18)25(28)22(24(14)27)16-6-9-17(26)10-7-16/h2-14,22H,1H3. The Hall–Kier alpha value is -3.33. The smallest absolute Gasteiger partial charge is 0.178 e. The zero-order valence-corrected chi connectivity index (χ0v) is 15.3. The number of benzene rings is 4. The topological polar surface area (TPSA) is 34.1 Å². The number of carbonyl (C=O) groups excluding carboxylic acids is 2. The summed E-state index contributed by atoms with van der Waals surface area (Å²) in [5, 5.41) is 4.06. The second kappa shape index (κ2) is 6.10. The number of hydrogen-bond acceptors (Lipinski definition) is 2. The van der Waals surface area contributed by atoms with Crippen LogP contribution in [0.4, 0.5) is 4.39 Å². The third kappa shape index (κ3) is 2.32. The summed E-state index contributed by atoms with van der Waals surface area (Å²) in [5.74, 6) is -2.00. The van der Waals surface area contributed by atoms with E-state index in [1.165, 1.54) is 24.3 Å². The fourth-order valence-corrected chi connectivity index (χ4v) is 4.39. The van der Waals surface area contributed by atoms with Gasteiger partial charge < -0.3 is 0 Å². The average Bonchev–Trinajstić information content (AvgIpc) is 2.72. The molecule has 0 fully saturated rings. The van der Waals surface area contributed by atoms with E-state index >= 15 is 0 Å². The molecule has 136 valence electrons. The Labute approximate surface area is 161 Å². The van der Waals surface area contributed by atoms with E-state index in [2.05, 4.69) is 0 Å². The Bertz CT molecular complexity index is 1270. The lowest BCUT2D eigenvalue weighted by Crippen LogP contribution is -2.32. The molecule has 1 aliphatic rings. The van der Waals surface area contributed by atoms with Crippen LogP contribution in [0.3, 0.4) is 0 Å². The summed E-state index contributed by atoms with van der Waals surface area (Å²) < 4.78 is 13.4. The highest BCUT2D eigenvalue weighted by molar-refractivity contribution is 6.26. The molecule has 3 heteroatoms. The number of rotatable bonds is 1. The molecule has 0 aliphatic heterocycles. The van der Waals surface area contributed by atoms with E-state index in [1.807, 2.05) is 55.5 Å². The van der Waals surface area contributed by atoms with Gasteiger partial charge in [-0.2, -0.15) is 0 Å². The molecule has 2 atom stereocenters. The predicted molar refractivity (Wildman–Crippen MR) is 108 cm³/mol. The Balaban J connectivity index is 1.79. The molecule has 0 aromatic heterocycles. The van der Waals surface area contributed by atoms with E-state index in [4.69, 9.17) is 0 Å². The van der Waals surface area contributed by atoms with E-state index in [9.17, 15) is 14.0 Å². The van der Waals surface area contributed by atoms with Gasteiger partial charge in [-0.05, 0) is 44.8 Å².